The van der Waals surface area contributed by atoms with Crippen LogP contribution in [0.2, 0.25) is 0 Å². The van der Waals surface area contributed by atoms with Crippen LogP contribution >= 0.6 is 0 Å². The summed E-state index contributed by atoms with van der Waals surface area (Å²) in [5, 5.41) is 11.8. The summed E-state index contributed by atoms with van der Waals surface area (Å²) < 4.78 is 0. The largest absolute Gasteiger partial charge is 0.481 e. The van der Waals surface area contributed by atoms with Crippen molar-refractivity contribution in [3.8, 4) is 0 Å². The number of nitrogens with one attached hydrogen (secondary N) is 1. The number of carboxylic acids is 1. The number of carboxylic acid groups (broad SMARTS) is 1. The van der Waals surface area contributed by atoms with Crippen LogP contribution < -0.4 is 5.32 Å². The van der Waals surface area contributed by atoms with Gasteiger partial charge in [0.05, 0.1) is 5.92 Å². The Morgan fingerprint density at radius 2 is 2.27 bits per heavy atom. The van der Waals surface area contributed by atoms with Gasteiger partial charge in [-0.3, -0.25) is 9.59 Å². The number of aliphatic carboxylic acids is 1. The third kappa shape index (κ3) is 3.51. The van der Waals surface area contributed by atoms with Crippen molar-refractivity contribution in [1.29, 1.82) is 0 Å². The van der Waals surface area contributed by atoms with Gasteiger partial charge in [-0.2, -0.15) is 0 Å². The fourth-order valence-corrected chi connectivity index (χ4v) is 1.80. The highest BCUT2D eigenvalue weighted by molar-refractivity contribution is 5.78. The van der Waals surface area contributed by atoms with Crippen LogP contribution in [-0.4, -0.2) is 48.6 Å². The van der Waals surface area contributed by atoms with E-state index in [2.05, 4.69) is 5.32 Å². The number of likely N-dealkylation sites (tertiary alicyclic amines) is 1. The number of carbonyl (C=O) groups excluding carboxylic acids is 1. The fourth-order valence-electron chi connectivity index (χ4n) is 1.80. The molecular weight excluding hydrogens is 196 g/mol. The van der Waals surface area contributed by atoms with E-state index < -0.39 is 5.97 Å². The zero-order valence-corrected chi connectivity index (χ0v) is 9.03. The maximum Gasteiger partial charge on any atom is 0.308 e. The van der Waals surface area contributed by atoms with E-state index >= 15 is 0 Å². The monoisotopic (exact) mass is 214 g/mol. The molecule has 2 N–H and O–H groups in total. The second-order valence-corrected chi connectivity index (χ2v) is 3.87. The summed E-state index contributed by atoms with van der Waals surface area (Å²) in [6.07, 6.45) is 1.93. The molecule has 15 heavy (non-hydrogen) atoms. The van der Waals surface area contributed by atoms with Crippen LogP contribution in [0.1, 0.15) is 19.3 Å². The van der Waals surface area contributed by atoms with Crippen molar-refractivity contribution in [2.75, 3.05) is 26.7 Å². The molecule has 0 aromatic rings. The van der Waals surface area contributed by atoms with Crippen molar-refractivity contribution in [1.82, 2.24) is 10.2 Å². The molecule has 0 aromatic carbocycles. The van der Waals surface area contributed by atoms with E-state index in [0.717, 1.165) is 6.42 Å². The Balaban J connectivity index is 2.41. The van der Waals surface area contributed by atoms with Gasteiger partial charge in [-0.05, 0) is 19.9 Å². The van der Waals surface area contributed by atoms with Gasteiger partial charge in [-0.25, -0.2) is 0 Å². The molecule has 1 rings (SSSR count). The highest BCUT2D eigenvalue weighted by atomic mass is 16.4. The van der Waals surface area contributed by atoms with Crippen molar-refractivity contribution in [3.05, 3.63) is 0 Å². The van der Waals surface area contributed by atoms with Gasteiger partial charge in [0.2, 0.25) is 5.91 Å². The first-order valence-electron chi connectivity index (χ1n) is 5.30. The molecule has 5 heteroatoms. The smallest absolute Gasteiger partial charge is 0.308 e. The molecule has 1 atom stereocenters. The number of hydrogen-bond acceptors (Lipinski definition) is 3. The maximum atomic E-state index is 11.6. The van der Waals surface area contributed by atoms with Gasteiger partial charge < -0.3 is 15.3 Å². The lowest BCUT2D eigenvalue weighted by Crippen LogP contribution is -2.42. The Bertz CT molecular complexity index is 243. The summed E-state index contributed by atoms with van der Waals surface area (Å²) in [7, 11) is 1.80. The van der Waals surface area contributed by atoms with Crippen LogP contribution in [0.3, 0.4) is 0 Å². The van der Waals surface area contributed by atoms with Gasteiger partial charge in [-0.15, -0.1) is 0 Å². The Hall–Kier alpha value is -1.10. The minimum Gasteiger partial charge on any atom is -0.481 e. The lowest BCUT2D eigenvalue weighted by atomic mass is 9.98. The van der Waals surface area contributed by atoms with E-state index in [1.165, 1.54) is 0 Å². The number of carbonyl (C=O) groups is 2. The maximum absolute atomic E-state index is 11.6. The number of rotatable bonds is 4. The molecule has 0 aromatic heterocycles. The molecule has 86 valence electrons. The lowest BCUT2D eigenvalue weighted by Gasteiger charge is -2.30. The van der Waals surface area contributed by atoms with Crippen molar-refractivity contribution in [2.45, 2.75) is 19.3 Å². The summed E-state index contributed by atoms with van der Waals surface area (Å²) in [4.78, 5) is 24.1. The molecule has 5 nitrogen and oxygen atoms in total. The molecular formula is C10H18N2O3. The number of nitrogens with zero attached hydrogens (tertiary/aromatic N) is 1. The molecule has 1 amide bonds. The van der Waals surface area contributed by atoms with Crippen molar-refractivity contribution < 1.29 is 14.7 Å². The highest BCUT2D eigenvalue weighted by Crippen LogP contribution is 2.17. The summed E-state index contributed by atoms with van der Waals surface area (Å²) >= 11 is 0. The highest BCUT2D eigenvalue weighted by Gasteiger charge is 2.27. The second-order valence-electron chi connectivity index (χ2n) is 3.87. The Labute approximate surface area is 89.4 Å². The first-order chi connectivity index (χ1) is 7.15. The average molecular weight is 214 g/mol. The lowest BCUT2D eigenvalue weighted by molar-refractivity contribution is -0.145. The molecule has 0 bridgehead atoms. The van der Waals surface area contributed by atoms with Crippen LogP contribution in [-0.2, 0) is 9.59 Å². The molecule has 1 aliphatic rings. The van der Waals surface area contributed by atoms with Crippen molar-refractivity contribution in [2.24, 2.45) is 5.92 Å². The first-order valence-corrected chi connectivity index (χ1v) is 5.30. The minimum atomic E-state index is -0.791. The van der Waals surface area contributed by atoms with Crippen LogP contribution in [0.5, 0.6) is 0 Å². The Morgan fingerprint density at radius 3 is 2.87 bits per heavy atom. The van der Waals surface area contributed by atoms with Crippen LogP contribution in [0, 0.1) is 5.92 Å². The standard InChI is InChI=1S/C10H18N2O3/c1-11-5-4-9(13)12-6-2-3-8(7-12)10(14)15/h8,11H,2-7H2,1H3,(H,14,15)/t8-/m1/s1. The van der Waals surface area contributed by atoms with Crippen molar-refractivity contribution >= 4 is 11.9 Å². The molecule has 0 radical (unpaired) electrons. The quantitative estimate of drug-likeness (QED) is 0.686. The van der Waals surface area contributed by atoms with Gasteiger partial charge in [0.25, 0.3) is 0 Å². The van der Waals surface area contributed by atoms with E-state index in [-0.39, 0.29) is 11.8 Å². The molecule has 1 aliphatic heterocycles. The van der Waals surface area contributed by atoms with E-state index in [1.54, 1.807) is 11.9 Å². The zero-order chi connectivity index (χ0) is 11.3. The van der Waals surface area contributed by atoms with Gasteiger partial charge in [0.1, 0.15) is 0 Å². The molecule has 0 spiro atoms. The van der Waals surface area contributed by atoms with Crippen LogP contribution in [0.25, 0.3) is 0 Å². The second kappa shape index (κ2) is 5.70. The van der Waals surface area contributed by atoms with Gasteiger partial charge in [0.15, 0.2) is 0 Å². The third-order valence-electron chi connectivity index (χ3n) is 2.71. The van der Waals surface area contributed by atoms with Crippen LogP contribution in [0.4, 0.5) is 0 Å². The summed E-state index contributed by atoms with van der Waals surface area (Å²) in [6, 6.07) is 0. The molecule has 1 heterocycles. The zero-order valence-electron chi connectivity index (χ0n) is 9.03. The van der Waals surface area contributed by atoms with Gasteiger partial charge in [0, 0.05) is 26.1 Å². The first kappa shape index (κ1) is 12.0. The van der Waals surface area contributed by atoms with Crippen LogP contribution in [0.15, 0.2) is 0 Å². The van der Waals surface area contributed by atoms with Crippen molar-refractivity contribution in [3.63, 3.8) is 0 Å². The van der Waals surface area contributed by atoms with Gasteiger partial charge >= 0.3 is 5.97 Å². The SMILES string of the molecule is CNCCC(=O)N1CCC[C@@H](C(=O)O)C1. The average Bonchev–Trinajstić information content (AvgIpc) is 2.26. The Morgan fingerprint density at radius 1 is 1.53 bits per heavy atom. The topological polar surface area (TPSA) is 69.6 Å². The van der Waals surface area contributed by atoms with E-state index in [9.17, 15) is 9.59 Å². The third-order valence-corrected chi connectivity index (χ3v) is 2.71. The predicted molar refractivity (Wildman–Crippen MR) is 55.5 cm³/mol. The van der Waals surface area contributed by atoms with E-state index in [4.69, 9.17) is 5.11 Å². The summed E-state index contributed by atoms with van der Waals surface area (Å²) in [5.74, 6) is -1.12. The fraction of sp³-hybridized carbons (Fsp3) is 0.800. The summed E-state index contributed by atoms with van der Waals surface area (Å²) in [5.41, 5.74) is 0. The minimum absolute atomic E-state index is 0.0512. The molecule has 0 saturated carbocycles. The normalized spacial score (nSPS) is 21.4. The summed E-state index contributed by atoms with van der Waals surface area (Å²) in [6.45, 7) is 1.72. The molecule has 0 aliphatic carbocycles. The number of hydrogen-bond donors (Lipinski definition) is 2. The number of piperidine rings is 1. The van der Waals surface area contributed by atoms with E-state index in [1.807, 2.05) is 0 Å². The van der Waals surface area contributed by atoms with E-state index in [0.29, 0.717) is 32.5 Å². The number of amides is 1. The predicted octanol–water partition coefficient (Wildman–Crippen LogP) is -0.0809. The Kier molecular flexibility index (Phi) is 4.55. The molecule has 0 unspecified atom stereocenters. The molecule has 1 fully saturated rings. The van der Waals surface area contributed by atoms with Gasteiger partial charge in [-0.1, -0.05) is 0 Å². The molecule has 1 saturated heterocycles.